The number of sulfonamides is 1. The Bertz CT molecular complexity index is 908. The summed E-state index contributed by atoms with van der Waals surface area (Å²) in [5.41, 5.74) is 1.22. The number of methoxy groups -OCH3 is 1. The van der Waals surface area contributed by atoms with Gasteiger partial charge in [-0.05, 0) is 50.6 Å². The van der Waals surface area contributed by atoms with Crippen molar-refractivity contribution < 1.29 is 17.9 Å². The van der Waals surface area contributed by atoms with E-state index in [0.717, 1.165) is 0 Å². The van der Waals surface area contributed by atoms with Gasteiger partial charge in [-0.1, -0.05) is 18.2 Å². The predicted molar refractivity (Wildman–Crippen MR) is 102 cm³/mol. The lowest BCUT2D eigenvalue weighted by molar-refractivity contribution is 0.0754. The molecule has 0 bridgehead atoms. The largest absolute Gasteiger partial charge is 0.495 e. The van der Waals surface area contributed by atoms with Crippen LogP contribution in [-0.4, -0.2) is 39.4 Å². The van der Waals surface area contributed by atoms with E-state index in [9.17, 15) is 13.2 Å². The number of hydrogen-bond acceptors (Lipinski definition) is 4. The number of benzene rings is 2. The molecule has 0 saturated carbocycles. The third-order valence-corrected chi connectivity index (χ3v) is 5.68. The lowest BCUT2D eigenvalue weighted by atomic mass is 10.1. The third kappa shape index (κ3) is 4.16. The van der Waals surface area contributed by atoms with Gasteiger partial charge in [-0.2, -0.15) is 0 Å². The Hall–Kier alpha value is -2.54. The number of nitrogens with zero attached hydrogens (tertiary/aromatic N) is 1. The standard InChI is InChI=1S/C19H24N2O4S/c1-13(2)21(4)19(22)15-11-10-14(3)18(12-15)26(23,24)20-16-8-6-7-9-17(16)25-5/h6-13,20H,1-5H3. The first-order valence-electron chi connectivity index (χ1n) is 8.21. The normalized spacial score (nSPS) is 11.3. The van der Waals surface area contributed by atoms with E-state index in [4.69, 9.17) is 4.74 Å². The number of amides is 1. The highest BCUT2D eigenvalue weighted by atomic mass is 32.2. The Morgan fingerprint density at radius 1 is 1.15 bits per heavy atom. The van der Waals surface area contributed by atoms with Gasteiger partial charge >= 0.3 is 0 Å². The van der Waals surface area contributed by atoms with Crippen LogP contribution in [0.2, 0.25) is 0 Å². The van der Waals surface area contributed by atoms with Gasteiger partial charge in [-0.3, -0.25) is 9.52 Å². The van der Waals surface area contributed by atoms with Gasteiger partial charge in [0.15, 0.2) is 0 Å². The van der Waals surface area contributed by atoms with Crippen molar-refractivity contribution in [2.45, 2.75) is 31.7 Å². The zero-order valence-electron chi connectivity index (χ0n) is 15.6. The van der Waals surface area contributed by atoms with E-state index in [1.54, 1.807) is 55.3 Å². The van der Waals surface area contributed by atoms with Crippen LogP contribution < -0.4 is 9.46 Å². The third-order valence-electron chi connectivity index (χ3n) is 4.17. The van der Waals surface area contributed by atoms with Crippen LogP contribution in [0.1, 0.15) is 29.8 Å². The van der Waals surface area contributed by atoms with Gasteiger partial charge < -0.3 is 9.64 Å². The van der Waals surface area contributed by atoms with Gasteiger partial charge in [-0.15, -0.1) is 0 Å². The zero-order valence-corrected chi connectivity index (χ0v) is 16.4. The van der Waals surface area contributed by atoms with Gasteiger partial charge in [-0.25, -0.2) is 8.42 Å². The predicted octanol–water partition coefficient (Wildman–Crippen LogP) is 3.28. The molecule has 7 heteroatoms. The van der Waals surface area contributed by atoms with E-state index in [1.807, 2.05) is 13.8 Å². The molecular weight excluding hydrogens is 352 g/mol. The van der Waals surface area contributed by atoms with Crippen LogP contribution in [0, 0.1) is 6.92 Å². The van der Waals surface area contributed by atoms with E-state index < -0.39 is 10.0 Å². The molecule has 0 heterocycles. The molecule has 140 valence electrons. The first-order valence-corrected chi connectivity index (χ1v) is 9.69. The number of hydrogen-bond donors (Lipinski definition) is 1. The molecule has 0 radical (unpaired) electrons. The van der Waals surface area contributed by atoms with Crippen LogP contribution in [0.4, 0.5) is 5.69 Å². The summed E-state index contributed by atoms with van der Waals surface area (Å²) in [4.78, 5) is 14.2. The van der Waals surface area contributed by atoms with Crippen LogP contribution in [-0.2, 0) is 10.0 Å². The van der Waals surface area contributed by atoms with Crippen molar-refractivity contribution in [3.8, 4) is 5.75 Å². The smallest absolute Gasteiger partial charge is 0.262 e. The fourth-order valence-electron chi connectivity index (χ4n) is 2.39. The second-order valence-electron chi connectivity index (χ2n) is 6.30. The quantitative estimate of drug-likeness (QED) is 0.839. The summed E-state index contributed by atoms with van der Waals surface area (Å²) in [5.74, 6) is 0.189. The minimum absolute atomic E-state index is 0.00978. The number of carbonyl (C=O) groups is 1. The number of anilines is 1. The van der Waals surface area contributed by atoms with Gasteiger partial charge in [0.2, 0.25) is 0 Å². The number of rotatable bonds is 6. The Morgan fingerprint density at radius 2 is 1.81 bits per heavy atom. The second kappa shape index (κ2) is 7.78. The molecule has 2 rings (SSSR count). The van der Waals surface area contributed by atoms with E-state index in [-0.39, 0.29) is 16.8 Å². The maximum atomic E-state index is 12.9. The summed E-state index contributed by atoms with van der Waals surface area (Å²) < 4.78 is 33.5. The van der Waals surface area contributed by atoms with Crippen molar-refractivity contribution in [1.82, 2.24) is 4.90 Å². The van der Waals surface area contributed by atoms with Gasteiger partial charge in [0.25, 0.3) is 15.9 Å². The fraction of sp³-hybridized carbons (Fsp3) is 0.316. The number of carbonyl (C=O) groups excluding carboxylic acids is 1. The van der Waals surface area contributed by atoms with Crippen molar-refractivity contribution in [3.63, 3.8) is 0 Å². The molecular formula is C19H24N2O4S. The monoisotopic (exact) mass is 376 g/mol. The molecule has 26 heavy (non-hydrogen) atoms. The minimum Gasteiger partial charge on any atom is -0.495 e. The first-order chi connectivity index (χ1) is 12.2. The lowest BCUT2D eigenvalue weighted by Gasteiger charge is -2.22. The maximum absolute atomic E-state index is 12.9. The van der Waals surface area contributed by atoms with Crippen molar-refractivity contribution >= 4 is 21.6 Å². The van der Waals surface area contributed by atoms with Crippen molar-refractivity contribution in [2.24, 2.45) is 0 Å². The molecule has 1 N–H and O–H groups in total. The van der Waals surface area contributed by atoms with E-state index in [0.29, 0.717) is 22.6 Å². The Labute approximate surface area is 154 Å². The summed E-state index contributed by atoms with van der Waals surface area (Å²) in [6, 6.07) is 11.4. The highest BCUT2D eigenvalue weighted by molar-refractivity contribution is 7.92. The molecule has 6 nitrogen and oxygen atoms in total. The van der Waals surface area contributed by atoms with Gasteiger partial charge in [0.05, 0.1) is 17.7 Å². The summed E-state index contributed by atoms with van der Waals surface area (Å²) >= 11 is 0. The van der Waals surface area contributed by atoms with Gasteiger partial charge in [0.1, 0.15) is 5.75 Å². The fourth-order valence-corrected chi connectivity index (χ4v) is 3.73. The average molecular weight is 376 g/mol. The molecule has 1 amide bonds. The summed E-state index contributed by atoms with van der Waals surface area (Å²) in [6.45, 7) is 5.48. The molecule has 0 aliphatic rings. The van der Waals surface area contributed by atoms with Crippen LogP contribution in [0.25, 0.3) is 0 Å². The molecule has 0 atom stereocenters. The molecule has 0 aromatic heterocycles. The topological polar surface area (TPSA) is 75.7 Å². The van der Waals surface area contributed by atoms with E-state index in [2.05, 4.69) is 4.72 Å². The van der Waals surface area contributed by atoms with Crippen LogP contribution in [0.15, 0.2) is 47.4 Å². The Balaban J connectivity index is 2.43. The number of aryl methyl sites for hydroxylation is 1. The van der Waals surface area contributed by atoms with Crippen LogP contribution >= 0.6 is 0 Å². The summed E-state index contributed by atoms with van der Waals surface area (Å²) in [7, 11) is -0.719. The Kier molecular flexibility index (Phi) is 5.92. The Morgan fingerprint density at radius 3 is 2.42 bits per heavy atom. The molecule has 0 aliphatic carbocycles. The zero-order chi connectivity index (χ0) is 19.5. The summed E-state index contributed by atoms with van der Waals surface area (Å²) in [5, 5.41) is 0. The molecule has 0 saturated heterocycles. The summed E-state index contributed by atoms with van der Waals surface area (Å²) in [6.07, 6.45) is 0. The maximum Gasteiger partial charge on any atom is 0.262 e. The average Bonchev–Trinajstić information content (AvgIpc) is 2.60. The van der Waals surface area contributed by atoms with Crippen molar-refractivity contribution in [1.29, 1.82) is 0 Å². The number of nitrogens with one attached hydrogen (secondary N) is 1. The van der Waals surface area contributed by atoms with Crippen molar-refractivity contribution in [2.75, 3.05) is 18.9 Å². The lowest BCUT2D eigenvalue weighted by Crippen LogP contribution is -2.33. The SMILES string of the molecule is COc1ccccc1NS(=O)(=O)c1cc(C(=O)N(C)C(C)C)ccc1C. The highest BCUT2D eigenvalue weighted by Crippen LogP contribution is 2.27. The molecule has 0 fully saturated rings. The van der Waals surface area contributed by atoms with Crippen LogP contribution in [0.3, 0.4) is 0 Å². The van der Waals surface area contributed by atoms with E-state index in [1.165, 1.54) is 13.2 Å². The molecule has 0 unspecified atom stereocenters. The molecule has 2 aromatic carbocycles. The molecule has 2 aromatic rings. The van der Waals surface area contributed by atoms with Gasteiger partial charge in [0, 0.05) is 18.7 Å². The van der Waals surface area contributed by atoms with Crippen LogP contribution in [0.5, 0.6) is 5.75 Å². The highest BCUT2D eigenvalue weighted by Gasteiger charge is 2.22. The second-order valence-corrected chi connectivity index (χ2v) is 7.95. The minimum atomic E-state index is -3.88. The molecule has 0 aliphatic heterocycles. The number of ether oxygens (including phenoxy) is 1. The first kappa shape index (κ1) is 19.8. The van der Waals surface area contributed by atoms with E-state index >= 15 is 0 Å². The number of para-hydroxylation sites is 2. The molecule has 0 spiro atoms. The van der Waals surface area contributed by atoms with Crippen molar-refractivity contribution in [3.05, 3.63) is 53.6 Å².